The van der Waals surface area contributed by atoms with Crippen LogP contribution in [-0.4, -0.2) is 25.0 Å². The van der Waals surface area contributed by atoms with Gasteiger partial charge < -0.3 is 9.57 Å². The zero-order chi connectivity index (χ0) is 11.4. The number of fused-ring (bicyclic) bond motifs is 2. The lowest BCUT2D eigenvalue weighted by molar-refractivity contribution is 0.118. The number of nitrogens with zero attached hydrogens (tertiary/aromatic N) is 1. The van der Waals surface area contributed by atoms with Gasteiger partial charge in [-0.3, -0.25) is 0 Å². The summed E-state index contributed by atoms with van der Waals surface area (Å²) in [4.78, 5) is 5.42. The van der Waals surface area contributed by atoms with Crippen molar-refractivity contribution in [3.8, 4) is 0 Å². The van der Waals surface area contributed by atoms with E-state index in [9.17, 15) is 0 Å². The Bertz CT molecular complexity index is 333. The average molecular weight is 223 g/mol. The molecule has 3 atom stereocenters. The second kappa shape index (κ2) is 3.22. The van der Waals surface area contributed by atoms with Crippen LogP contribution in [0.25, 0.3) is 0 Å². The lowest BCUT2D eigenvalue weighted by Crippen LogP contribution is -2.32. The van der Waals surface area contributed by atoms with E-state index in [1.165, 1.54) is 18.6 Å². The first-order chi connectivity index (χ1) is 7.54. The minimum atomic E-state index is 0.266. The largest absolute Gasteiger partial charge is 0.393 e. The van der Waals surface area contributed by atoms with Crippen molar-refractivity contribution in [1.29, 1.82) is 0 Å². The second-order valence-electron chi connectivity index (χ2n) is 6.28. The average Bonchev–Trinajstić information content (AvgIpc) is 2.98. The number of hydrogen-bond acceptors (Lipinski definition) is 3. The third kappa shape index (κ3) is 1.33. The van der Waals surface area contributed by atoms with E-state index in [0.717, 1.165) is 18.9 Å². The summed E-state index contributed by atoms with van der Waals surface area (Å²) in [6.45, 7) is 8.60. The predicted molar refractivity (Wildman–Crippen MR) is 62.4 cm³/mol. The van der Waals surface area contributed by atoms with Gasteiger partial charge in [-0.15, -0.1) is 0 Å². The van der Waals surface area contributed by atoms with E-state index in [0.29, 0.717) is 18.1 Å². The van der Waals surface area contributed by atoms with Gasteiger partial charge in [0.2, 0.25) is 0 Å². The normalized spacial score (nSPS) is 46.3. The number of ether oxygens (including phenoxy) is 1. The Morgan fingerprint density at radius 2 is 2.19 bits per heavy atom. The van der Waals surface area contributed by atoms with Crippen LogP contribution in [0.4, 0.5) is 0 Å². The minimum Gasteiger partial charge on any atom is -0.393 e. The molecule has 0 aromatic rings. The summed E-state index contributed by atoms with van der Waals surface area (Å²) in [5, 5.41) is 4.39. The lowest BCUT2D eigenvalue weighted by Gasteiger charge is -2.34. The standard InChI is InChI=1S/C13H21NO2/c1-12(2)9-4-5-13(12,3)11(6-9)14-16-8-10-7-15-10/h9-10H,4-8H2,1-3H3/b14-11-/t9-,10-,13+/m0/s1. The Labute approximate surface area is 97.2 Å². The van der Waals surface area contributed by atoms with Crippen molar-refractivity contribution in [3.63, 3.8) is 0 Å². The third-order valence-electron chi connectivity index (χ3n) is 5.35. The van der Waals surface area contributed by atoms with Crippen LogP contribution in [0.2, 0.25) is 0 Å². The fourth-order valence-corrected chi connectivity index (χ4v) is 3.43. The Balaban J connectivity index is 1.72. The van der Waals surface area contributed by atoms with Crippen LogP contribution in [-0.2, 0) is 9.57 Å². The van der Waals surface area contributed by atoms with Crippen molar-refractivity contribution in [2.75, 3.05) is 13.2 Å². The summed E-state index contributed by atoms with van der Waals surface area (Å²) in [5.41, 5.74) is 1.95. The molecule has 0 aromatic heterocycles. The molecule has 90 valence electrons. The monoisotopic (exact) mass is 223 g/mol. The van der Waals surface area contributed by atoms with Gasteiger partial charge in [0.1, 0.15) is 12.7 Å². The van der Waals surface area contributed by atoms with Gasteiger partial charge in [0.05, 0.1) is 12.3 Å². The molecule has 0 amide bonds. The molecular formula is C13H21NO2. The molecule has 0 unspecified atom stereocenters. The molecule has 3 nitrogen and oxygen atoms in total. The van der Waals surface area contributed by atoms with Gasteiger partial charge in [0, 0.05) is 5.41 Å². The molecular weight excluding hydrogens is 202 g/mol. The summed E-state index contributed by atoms with van der Waals surface area (Å²) in [7, 11) is 0. The summed E-state index contributed by atoms with van der Waals surface area (Å²) >= 11 is 0. The molecule has 0 aromatic carbocycles. The van der Waals surface area contributed by atoms with E-state index in [4.69, 9.17) is 9.57 Å². The predicted octanol–water partition coefficient (Wildman–Crippen LogP) is 2.60. The Morgan fingerprint density at radius 1 is 1.44 bits per heavy atom. The molecule has 3 heteroatoms. The molecule has 3 aliphatic rings. The maximum absolute atomic E-state index is 5.42. The zero-order valence-corrected chi connectivity index (χ0v) is 10.5. The van der Waals surface area contributed by atoms with Gasteiger partial charge in [-0.1, -0.05) is 25.9 Å². The maximum atomic E-state index is 5.42. The molecule has 0 radical (unpaired) electrons. The lowest BCUT2D eigenvalue weighted by atomic mass is 9.70. The molecule has 1 saturated heterocycles. The molecule has 16 heavy (non-hydrogen) atoms. The SMILES string of the molecule is CC1(C)[C@H]2CC[C@]1(C)/C(=N\OC[C@@H]1CO1)C2. The molecule has 3 rings (SSSR count). The molecule has 2 aliphatic carbocycles. The number of oxime groups is 1. The molecule has 2 bridgehead atoms. The van der Waals surface area contributed by atoms with E-state index >= 15 is 0 Å². The fourth-order valence-electron chi connectivity index (χ4n) is 3.43. The highest BCUT2D eigenvalue weighted by Gasteiger charge is 2.60. The van der Waals surface area contributed by atoms with E-state index in [-0.39, 0.29) is 5.41 Å². The van der Waals surface area contributed by atoms with E-state index in [1.807, 2.05) is 0 Å². The molecule has 0 N–H and O–H groups in total. The Morgan fingerprint density at radius 3 is 2.69 bits per heavy atom. The zero-order valence-electron chi connectivity index (χ0n) is 10.5. The Kier molecular flexibility index (Phi) is 2.13. The Hall–Kier alpha value is -0.570. The number of hydrogen-bond donors (Lipinski definition) is 0. The second-order valence-corrected chi connectivity index (χ2v) is 6.28. The van der Waals surface area contributed by atoms with Crippen LogP contribution in [0.5, 0.6) is 0 Å². The molecule has 1 heterocycles. The highest BCUT2D eigenvalue weighted by Crippen LogP contribution is 2.63. The van der Waals surface area contributed by atoms with Crippen LogP contribution in [0.1, 0.15) is 40.0 Å². The summed E-state index contributed by atoms with van der Waals surface area (Å²) in [5.74, 6) is 0.803. The van der Waals surface area contributed by atoms with E-state index in [1.54, 1.807) is 0 Å². The van der Waals surface area contributed by atoms with Crippen LogP contribution < -0.4 is 0 Å². The minimum absolute atomic E-state index is 0.266. The molecule has 1 aliphatic heterocycles. The van der Waals surface area contributed by atoms with Gasteiger partial charge in [0.25, 0.3) is 0 Å². The van der Waals surface area contributed by atoms with Crippen molar-refractivity contribution in [2.45, 2.75) is 46.1 Å². The molecule has 0 spiro atoms. The van der Waals surface area contributed by atoms with Crippen molar-refractivity contribution in [1.82, 2.24) is 0 Å². The molecule has 3 fully saturated rings. The summed E-state index contributed by atoms with van der Waals surface area (Å²) in [6, 6.07) is 0. The van der Waals surface area contributed by atoms with Crippen molar-refractivity contribution >= 4 is 5.71 Å². The number of rotatable bonds is 3. The van der Waals surface area contributed by atoms with Crippen LogP contribution >= 0.6 is 0 Å². The first-order valence-corrected chi connectivity index (χ1v) is 6.35. The van der Waals surface area contributed by atoms with Crippen LogP contribution in [0.3, 0.4) is 0 Å². The summed E-state index contributed by atoms with van der Waals surface area (Å²) in [6.07, 6.45) is 4.07. The smallest absolute Gasteiger partial charge is 0.145 e. The van der Waals surface area contributed by atoms with Gasteiger partial charge in [-0.2, -0.15) is 0 Å². The van der Waals surface area contributed by atoms with Crippen molar-refractivity contribution < 1.29 is 9.57 Å². The van der Waals surface area contributed by atoms with Gasteiger partial charge >= 0.3 is 0 Å². The van der Waals surface area contributed by atoms with Gasteiger partial charge in [-0.05, 0) is 30.6 Å². The highest BCUT2D eigenvalue weighted by molar-refractivity contribution is 5.93. The highest BCUT2D eigenvalue weighted by atomic mass is 16.7. The van der Waals surface area contributed by atoms with Gasteiger partial charge in [0.15, 0.2) is 0 Å². The number of epoxide rings is 1. The van der Waals surface area contributed by atoms with E-state index < -0.39 is 0 Å². The van der Waals surface area contributed by atoms with Crippen molar-refractivity contribution in [3.05, 3.63) is 0 Å². The summed E-state index contributed by atoms with van der Waals surface area (Å²) < 4.78 is 5.11. The van der Waals surface area contributed by atoms with Gasteiger partial charge in [-0.25, -0.2) is 0 Å². The van der Waals surface area contributed by atoms with E-state index in [2.05, 4.69) is 25.9 Å². The first-order valence-electron chi connectivity index (χ1n) is 6.35. The molecule has 2 saturated carbocycles. The quantitative estimate of drug-likeness (QED) is 0.544. The third-order valence-corrected chi connectivity index (χ3v) is 5.35. The van der Waals surface area contributed by atoms with Crippen LogP contribution in [0.15, 0.2) is 5.16 Å². The van der Waals surface area contributed by atoms with Crippen molar-refractivity contribution in [2.24, 2.45) is 21.9 Å². The topological polar surface area (TPSA) is 34.1 Å². The first kappa shape index (κ1) is 10.6. The fraction of sp³-hybridized carbons (Fsp3) is 0.923. The maximum Gasteiger partial charge on any atom is 0.145 e. The van der Waals surface area contributed by atoms with Crippen LogP contribution in [0, 0.1) is 16.7 Å².